The molecule has 3 rings (SSSR count). The zero-order valence-corrected chi connectivity index (χ0v) is 14.7. The van der Waals surface area contributed by atoms with Gasteiger partial charge in [0.1, 0.15) is 0 Å². The molecule has 2 aliphatic heterocycles. The summed E-state index contributed by atoms with van der Waals surface area (Å²) in [5, 5.41) is 0. The van der Waals surface area contributed by atoms with Gasteiger partial charge in [-0.3, -0.25) is 9.69 Å². The Balaban J connectivity index is 1.64. The molecule has 126 valence electrons. The summed E-state index contributed by atoms with van der Waals surface area (Å²) in [5.41, 5.74) is 2.82. The summed E-state index contributed by atoms with van der Waals surface area (Å²) in [5.74, 6) is 0.302. The van der Waals surface area contributed by atoms with E-state index in [-0.39, 0.29) is 6.04 Å². The topological polar surface area (TPSA) is 26.8 Å². The molecule has 1 fully saturated rings. The molecule has 0 spiro atoms. The summed E-state index contributed by atoms with van der Waals surface area (Å²) in [6, 6.07) is 9.10. The third-order valence-electron chi connectivity index (χ3n) is 5.50. The number of hydrogen-bond donors (Lipinski definition) is 0. The smallest absolute Gasteiger partial charge is 0.239 e. The minimum Gasteiger partial charge on any atom is -0.340 e. The van der Waals surface area contributed by atoms with Crippen LogP contribution in [-0.2, 0) is 17.8 Å². The van der Waals surface area contributed by atoms with Crippen molar-refractivity contribution >= 4 is 5.91 Å². The first-order valence-electron chi connectivity index (χ1n) is 8.82. The van der Waals surface area contributed by atoms with Crippen molar-refractivity contribution in [1.82, 2.24) is 14.7 Å². The standard InChI is InChI=1S/C19H29N3O/c1-15(19(23)22-11-6-9-18(14-22)20(2)3)21-12-10-16-7-4-5-8-17(16)13-21/h4-5,7-8,15,18H,6,9-14H2,1-3H3. The van der Waals surface area contributed by atoms with Gasteiger partial charge >= 0.3 is 0 Å². The number of rotatable bonds is 3. The van der Waals surface area contributed by atoms with Crippen LogP contribution in [0.2, 0.25) is 0 Å². The molecule has 0 radical (unpaired) electrons. The zero-order chi connectivity index (χ0) is 16.4. The van der Waals surface area contributed by atoms with E-state index in [4.69, 9.17) is 0 Å². The van der Waals surface area contributed by atoms with Crippen molar-refractivity contribution in [2.45, 2.75) is 44.8 Å². The number of amides is 1. The monoisotopic (exact) mass is 315 g/mol. The number of likely N-dealkylation sites (tertiary alicyclic amines) is 1. The predicted molar refractivity (Wildman–Crippen MR) is 93.3 cm³/mol. The van der Waals surface area contributed by atoms with Gasteiger partial charge in [-0.15, -0.1) is 0 Å². The maximum atomic E-state index is 12.9. The maximum Gasteiger partial charge on any atom is 0.239 e. The third kappa shape index (κ3) is 3.59. The Morgan fingerprint density at radius 1 is 1.22 bits per heavy atom. The summed E-state index contributed by atoms with van der Waals surface area (Å²) >= 11 is 0. The molecule has 1 aromatic carbocycles. The number of benzene rings is 1. The average molecular weight is 315 g/mol. The summed E-state index contributed by atoms with van der Waals surface area (Å²) in [6.45, 7) is 5.75. The van der Waals surface area contributed by atoms with Gasteiger partial charge in [0, 0.05) is 32.2 Å². The SMILES string of the molecule is CC(C(=O)N1CCCC(N(C)C)C1)N1CCc2ccccc2C1. The molecular formula is C19H29N3O. The number of nitrogens with zero attached hydrogens (tertiary/aromatic N) is 3. The fraction of sp³-hybridized carbons (Fsp3) is 0.632. The largest absolute Gasteiger partial charge is 0.340 e. The van der Waals surface area contributed by atoms with Crippen molar-refractivity contribution in [2.75, 3.05) is 33.7 Å². The molecule has 1 amide bonds. The second kappa shape index (κ2) is 7.02. The molecule has 0 bridgehead atoms. The quantitative estimate of drug-likeness (QED) is 0.853. The van der Waals surface area contributed by atoms with Crippen LogP contribution in [0.1, 0.15) is 30.9 Å². The van der Waals surface area contributed by atoms with Gasteiger partial charge in [-0.05, 0) is 51.4 Å². The highest BCUT2D eigenvalue weighted by Gasteiger charge is 2.31. The van der Waals surface area contributed by atoms with Crippen molar-refractivity contribution in [3.05, 3.63) is 35.4 Å². The Hall–Kier alpha value is -1.39. The van der Waals surface area contributed by atoms with Gasteiger partial charge in [0.05, 0.1) is 6.04 Å². The molecule has 1 saturated heterocycles. The van der Waals surface area contributed by atoms with Crippen molar-refractivity contribution < 1.29 is 4.79 Å². The van der Waals surface area contributed by atoms with Crippen LogP contribution in [0.5, 0.6) is 0 Å². The van der Waals surface area contributed by atoms with Gasteiger partial charge in [0.15, 0.2) is 0 Å². The summed E-state index contributed by atoms with van der Waals surface area (Å²) in [4.78, 5) is 19.6. The van der Waals surface area contributed by atoms with Crippen LogP contribution in [0.3, 0.4) is 0 Å². The van der Waals surface area contributed by atoms with E-state index in [1.165, 1.54) is 17.5 Å². The minimum absolute atomic E-state index is 0.0238. The summed E-state index contributed by atoms with van der Waals surface area (Å²) in [7, 11) is 4.23. The van der Waals surface area contributed by atoms with E-state index in [1.807, 2.05) is 0 Å². The van der Waals surface area contributed by atoms with E-state index in [0.717, 1.165) is 39.0 Å². The number of hydrogen-bond acceptors (Lipinski definition) is 3. The van der Waals surface area contributed by atoms with E-state index < -0.39 is 0 Å². The number of piperidine rings is 1. The van der Waals surface area contributed by atoms with E-state index in [9.17, 15) is 4.79 Å². The first-order chi connectivity index (χ1) is 11.1. The van der Waals surface area contributed by atoms with Crippen LogP contribution in [0.25, 0.3) is 0 Å². The Labute approximate surface area is 140 Å². The van der Waals surface area contributed by atoms with Crippen molar-refractivity contribution in [1.29, 1.82) is 0 Å². The lowest BCUT2D eigenvalue weighted by molar-refractivity contribution is -0.138. The number of fused-ring (bicyclic) bond motifs is 1. The third-order valence-corrected chi connectivity index (χ3v) is 5.50. The minimum atomic E-state index is -0.0238. The fourth-order valence-electron chi connectivity index (χ4n) is 3.84. The molecule has 4 heteroatoms. The predicted octanol–water partition coefficient (Wildman–Crippen LogP) is 1.99. The number of carbonyl (C=O) groups excluding carboxylic acids is 1. The lowest BCUT2D eigenvalue weighted by atomic mass is 9.98. The first kappa shape index (κ1) is 16.5. The lowest BCUT2D eigenvalue weighted by Crippen LogP contribution is -2.54. The highest BCUT2D eigenvalue weighted by atomic mass is 16.2. The molecule has 0 aromatic heterocycles. The zero-order valence-electron chi connectivity index (χ0n) is 14.7. The van der Waals surface area contributed by atoms with E-state index in [0.29, 0.717) is 11.9 Å². The van der Waals surface area contributed by atoms with Gasteiger partial charge in [0.2, 0.25) is 5.91 Å². The van der Waals surface area contributed by atoms with Crippen LogP contribution >= 0.6 is 0 Å². The van der Waals surface area contributed by atoms with Crippen LogP contribution < -0.4 is 0 Å². The van der Waals surface area contributed by atoms with Gasteiger partial charge < -0.3 is 9.80 Å². The average Bonchev–Trinajstić information content (AvgIpc) is 2.60. The molecule has 0 N–H and O–H groups in total. The van der Waals surface area contributed by atoms with Gasteiger partial charge in [-0.2, -0.15) is 0 Å². The molecule has 2 heterocycles. The summed E-state index contributed by atoms with van der Waals surface area (Å²) < 4.78 is 0. The molecule has 0 aliphatic carbocycles. The Bertz CT molecular complexity index is 557. The molecule has 0 saturated carbocycles. The normalized spacial score (nSPS) is 23.7. The van der Waals surface area contributed by atoms with Crippen molar-refractivity contribution in [3.8, 4) is 0 Å². The van der Waals surface area contributed by atoms with E-state index in [2.05, 4.69) is 60.0 Å². The van der Waals surface area contributed by atoms with Crippen LogP contribution in [0.4, 0.5) is 0 Å². The molecule has 23 heavy (non-hydrogen) atoms. The number of carbonyl (C=O) groups is 1. The fourth-order valence-corrected chi connectivity index (χ4v) is 3.84. The highest BCUT2D eigenvalue weighted by Crippen LogP contribution is 2.22. The van der Waals surface area contributed by atoms with E-state index in [1.54, 1.807) is 0 Å². The molecular weight excluding hydrogens is 286 g/mol. The molecule has 2 aliphatic rings. The van der Waals surface area contributed by atoms with Crippen LogP contribution in [0, 0.1) is 0 Å². The molecule has 2 atom stereocenters. The van der Waals surface area contributed by atoms with Crippen LogP contribution in [-0.4, -0.2) is 66.4 Å². The summed E-state index contributed by atoms with van der Waals surface area (Å²) in [6.07, 6.45) is 3.36. The molecule has 4 nitrogen and oxygen atoms in total. The first-order valence-corrected chi connectivity index (χ1v) is 8.82. The lowest BCUT2D eigenvalue weighted by Gasteiger charge is -2.40. The Kier molecular flexibility index (Phi) is 5.02. The van der Waals surface area contributed by atoms with E-state index >= 15 is 0 Å². The molecule has 2 unspecified atom stereocenters. The number of likely N-dealkylation sites (N-methyl/N-ethyl adjacent to an activating group) is 1. The Morgan fingerprint density at radius 2 is 1.96 bits per heavy atom. The Morgan fingerprint density at radius 3 is 2.70 bits per heavy atom. The van der Waals surface area contributed by atoms with Crippen molar-refractivity contribution in [3.63, 3.8) is 0 Å². The second-order valence-electron chi connectivity index (χ2n) is 7.21. The van der Waals surface area contributed by atoms with Crippen LogP contribution in [0.15, 0.2) is 24.3 Å². The highest BCUT2D eigenvalue weighted by molar-refractivity contribution is 5.81. The second-order valence-corrected chi connectivity index (χ2v) is 7.21. The maximum absolute atomic E-state index is 12.9. The van der Waals surface area contributed by atoms with Gasteiger partial charge in [-0.25, -0.2) is 0 Å². The molecule has 1 aromatic rings. The van der Waals surface area contributed by atoms with Gasteiger partial charge in [-0.1, -0.05) is 24.3 Å². The van der Waals surface area contributed by atoms with Gasteiger partial charge in [0.25, 0.3) is 0 Å². The van der Waals surface area contributed by atoms with Crippen molar-refractivity contribution in [2.24, 2.45) is 0 Å².